The molecular weight excluding hydrogens is 462 g/mol. The highest BCUT2D eigenvalue weighted by Gasteiger charge is 2.26. The van der Waals surface area contributed by atoms with Gasteiger partial charge >= 0.3 is 0 Å². The van der Waals surface area contributed by atoms with E-state index in [1.165, 1.54) is 17.7 Å². The first-order valence-electron chi connectivity index (χ1n) is 11.1. The summed E-state index contributed by atoms with van der Waals surface area (Å²) in [5.74, 6) is 2.44. The van der Waals surface area contributed by atoms with Crippen LogP contribution in [-0.2, 0) is 0 Å². The van der Waals surface area contributed by atoms with Gasteiger partial charge in [0.1, 0.15) is 13.2 Å². The van der Waals surface area contributed by atoms with Crippen LogP contribution in [0.4, 0.5) is 0 Å². The fourth-order valence-electron chi connectivity index (χ4n) is 4.23. The molecule has 176 valence electrons. The molecule has 4 heterocycles. The minimum absolute atomic E-state index is 0. The number of halogens is 1. The smallest absolute Gasteiger partial charge is 0.273 e. The molecule has 2 aliphatic heterocycles. The number of carbonyl (C=O) groups excluding carboxylic acids is 1. The highest BCUT2D eigenvalue weighted by molar-refractivity contribution is 7.10. The molecule has 1 aromatic carbocycles. The number of hydrogen-bond acceptors (Lipinski definition) is 7. The minimum atomic E-state index is -0.232. The summed E-state index contributed by atoms with van der Waals surface area (Å²) in [5, 5.41) is 9.16. The van der Waals surface area contributed by atoms with E-state index in [0.29, 0.717) is 37.0 Å². The summed E-state index contributed by atoms with van der Waals surface area (Å²) >= 11 is 1.74. The Hall–Kier alpha value is -2.55. The average Bonchev–Trinajstić information content (AvgIpc) is 3.53. The van der Waals surface area contributed by atoms with Crippen LogP contribution in [-0.4, -0.2) is 48.8 Å². The van der Waals surface area contributed by atoms with E-state index in [9.17, 15) is 4.79 Å². The first-order valence-corrected chi connectivity index (χ1v) is 12.0. The van der Waals surface area contributed by atoms with Crippen molar-refractivity contribution in [2.45, 2.75) is 25.8 Å². The van der Waals surface area contributed by atoms with E-state index < -0.39 is 0 Å². The standard InChI is InChI=1S/C24H27N3O4S.ClH/c1-16-6-8-27(9-7-16)19(23-3-2-12-32-23)15-25-24(28)18-14-21(31-26-18)17-4-5-20-22(13-17)30-11-10-29-20;/h2-5,12-14,16,19H,6-11,15H2,1H3,(H,25,28);1H. The van der Waals surface area contributed by atoms with Crippen molar-refractivity contribution in [1.29, 1.82) is 0 Å². The Labute approximate surface area is 203 Å². The molecule has 1 atom stereocenters. The molecule has 1 N–H and O–H groups in total. The van der Waals surface area contributed by atoms with Crippen molar-refractivity contribution in [2.24, 2.45) is 5.92 Å². The van der Waals surface area contributed by atoms with E-state index in [2.05, 4.69) is 39.8 Å². The SMILES string of the molecule is CC1CCN(C(CNC(=O)c2cc(-c3ccc4c(c3)OCCO4)on2)c2cccs2)CC1.Cl. The summed E-state index contributed by atoms with van der Waals surface area (Å²) < 4.78 is 16.6. The van der Waals surface area contributed by atoms with Gasteiger partial charge in [0, 0.05) is 23.1 Å². The molecule has 1 saturated heterocycles. The number of piperidine rings is 1. The number of amides is 1. The third-order valence-corrected chi connectivity index (χ3v) is 7.13. The molecule has 3 aromatic rings. The van der Waals surface area contributed by atoms with E-state index in [1.54, 1.807) is 17.4 Å². The van der Waals surface area contributed by atoms with E-state index in [0.717, 1.165) is 24.6 Å². The molecule has 1 amide bonds. The zero-order chi connectivity index (χ0) is 21.9. The number of aromatic nitrogens is 1. The van der Waals surface area contributed by atoms with Gasteiger partial charge in [-0.3, -0.25) is 9.69 Å². The number of benzene rings is 1. The Morgan fingerprint density at radius 2 is 1.97 bits per heavy atom. The number of carbonyl (C=O) groups is 1. The lowest BCUT2D eigenvalue weighted by atomic mass is 9.97. The van der Waals surface area contributed by atoms with E-state index in [4.69, 9.17) is 14.0 Å². The van der Waals surface area contributed by atoms with Crippen LogP contribution in [0.25, 0.3) is 11.3 Å². The maximum absolute atomic E-state index is 12.8. The van der Waals surface area contributed by atoms with Crippen molar-refractivity contribution in [3.05, 3.63) is 52.3 Å². The molecule has 1 fully saturated rings. The Balaban J connectivity index is 0.00000259. The van der Waals surface area contributed by atoms with Gasteiger partial charge in [-0.25, -0.2) is 0 Å². The van der Waals surface area contributed by atoms with Gasteiger partial charge < -0.3 is 19.3 Å². The fraction of sp³-hybridized carbons (Fsp3) is 0.417. The van der Waals surface area contributed by atoms with Crippen LogP contribution in [0.2, 0.25) is 0 Å². The number of hydrogen-bond donors (Lipinski definition) is 1. The molecule has 2 aliphatic rings. The molecule has 7 nitrogen and oxygen atoms in total. The number of nitrogens with one attached hydrogen (secondary N) is 1. The second kappa shape index (κ2) is 10.6. The summed E-state index contributed by atoms with van der Waals surface area (Å²) in [6.07, 6.45) is 2.38. The fourth-order valence-corrected chi connectivity index (χ4v) is 5.09. The van der Waals surface area contributed by atoms with Crippen LogP contribution in [0.3, 0.4) is 0 Å². The number of ether oxygens (including phenoxy) is 2. The van der Waals surface area contributed by atoms with Gasteiger partial charge in [0.15, 0.2) is 23.0 Å². The Kier molecular flexibility index (Phi) is 7.57. The van der Waals surface area contributed by atoms with Gasteiger partial charge in [-0.05, 0) is 61.5 Å². The number of rotatable bonds is 6. The van der Waals surface area contributed by atoms with Crippen LogP contribution in [0, 0.1) is 5.92 Å². The highest BCUT2D eigenvalue weighted by Crippen LogP contribution is 2.35. The highest BCUT2D eigenvalue weighted by atomic mass is 35.5. The molecule has 5 rings (SSSR count). The molecule has 0 saturated carbocycles. The van der Waals surface area contributed by atoms with Crippen LogP contribution in [0.15, 0.2) is 46.3 Å². The lowest BCUT2D eigenvalue weighted by molar-refractivity contribution is 0.0906. The average molecular weight is 490 g/mol. The second-order valence-electron chi connectivity index (χ2n) is 8.39. The number of nitrogens with zero attached hydrogens (tertiary/aromatic N) is 2. The van der Waals surface area contributed by atoms with Gasteiger partial charge in [0.25, 0.3) is 5.91 Å². The van der Waals surface area contributed by atoms with E-state index in [-0.39, 0.29) is 30.0 Å². The molecule has 1 unspecified atom stereocenters. The summed E-state index contributed by atoms with van der Waals surface area (Å²) in [7, 11) is 0. The van der Waals surface area contributed by atoms with Crippen LogP contribution in [0.1, 0.15) is 41.2 Å². The van der Waals surface area contributed by atoms with Crippen LogP contribution in [0.5, 0.6) is 11.5 Å². The molecule has 0 bridgehead atoms. The molecule has 2 aromatic heterocycles. The van der Waals surface area contributed by atoms with Gasteiger partial charge in [0.05, 0.1) is 6.04 Å². The number of likely N-dealkylation sites (tertiary alicyclic amines) is 1. The number of thiophene rings is 1. The first kappa shape index (κ1) is 23.6. The zero-order valence-corrected chi connectivity index (χ0v) is 20.1. The Morgan fingerprint density at radius 3 is 2.73 bits per heavy atom. The Morgan fingerprint density at radius 1 is 1.18 bits per heavy atom. The van der Waals surface area contributed by atoms with Crippen molar-refractivity contribution >= 4 is 29.7 Å². The Bertz CT molecular complexity index is 1060. The monoisotopic (exact) mass is 489 g/mol. The van der Waals surface area contributed by atoms with Crippen molar-refractivity contribution in [3.63, 3.8) is 0 Å². The zero-order valence-electron chi connectivity index (χ0n) is 18.5. The summed E-state index contributed by atoms with van der Waals surface area (Å²) in [6, 6.07) is 11.6. The van der Waals surface area contributed by atoms with Crippen molar-refractivity contribution in [3.8, 4) is 22.8 Å². The second-order valence-corrected chi connectivity index (χ2v) is 9.37. The predicted molar refractivity (Wildman–Crippen MR) is 130 cm³/mol. The van der Waals surface area contributed by atoms with Crippen molar-refractivity contribution < 1.29 is 18.8 Å². The predicted octanol–water partition coefficient (Wildman–Crippen LogP) is 4.80. The molecule has 33 heavy (non-hydrogen) atoms. The quantitative estimate of drug-likeness (QED) is 0.536. The summed E-state index contributed by atoms with van der Waals surface area (Å²) in [5.41, 5.74) is 1.06. The maximum atomic E-state index is 12.8. The van der Waals surface area contributed by atoms with Gasteiger partial charge in [-0.15, -0.1) is 23.7 Å². The first-order chi connectivity index (χ1) is 15.7. The van der Waals surface area contributed by atoms with Gasteiger partial charge in [-0.1, -0.05) is 18.1 Å². The minimum Gasteiger partial charge on any atom is -0.486 e. The van der Waals surface area contributed by atoms with E-state index >= 15 is 0 Å². The topological polar surface area (TPSA) is 76.8 Å². The molecule has 0 radical (unpaired) electrons. The summed E-state index contributed by atoms with van der Waals surface area (Å²) in [6.45, 7) is 6.02. The number of fused-ring (bicyclic) bond motifs is 1. The lowest BCUT2D eigenvalue weighted by Crippen LogP contribution is -2.41. The largest absolute Gasteiger partial charge is 0.486 e. The maximum Gasteiger partial charge on any atom is 0.273 e. The normalized spacial score (nSPS) is 17.2. The van der Waals surface area contributed by atoms with Gasteiger partial charge in [-0.2, -0.15) is 0 Å². The van der Waals surface area contributed by atoms with Crippen molar-refractivity contribution in [2.75, 3.05) is 32.8 Å². The van der Waals surface area contributed by atoms with E-state index in [1.807, 2.05) is 18.2 Å². The molecule has 9 heteroatoms. The molecule has 0 aliphatic carbocycles. The third-order valence-electron chi connectivity index (χ3n) is 6.16. The molecular formula is C24H28ClN3O4S. The lowest BCUT2D eigenvalue weighted by Gasteiger charge is -2.36. The van der Waals surface area contributed by atoms with Crippen LogP contribution >= 0.6 is 23.7 Å². The summed E-state index contributed by atoms with van der Waals surface area (Å²) in [4.78, 5) is 16.6. The molecule has 0 spiro atoms. The van der Waals surface area contributed by atoms with Crippen molar-refractivity contribution in [1.82, 2.24) is 15.4 Å². The third kappa shape index (κ3) is 5.34. The van der Waals surface area contributed by atoms with Crippen LogP contribution < -0.4 is 14.8 Å². The van der Waals surface area contributed by atoms with Gasteiger partial charge in [0.2, 0.25) is 0 Å².